The fourth-order valence-electron chi connectivity index (χ4n) is 2.02. The van der Waals surface area contributed by atoms with Gasteiger partial charge in [-0.25, -0.2) is 0 Å². The number of thioether (sulfide) groups is 2. The first-order valence-electron chi connectivity index (χ1n) is 5.60. The zero-order valence-electron chi connectivity index (χ0n) is 9.15. The van der Waals surface area contributed by atoms with Gasteiger partial charge in [-0.1, -0.05) is 6.92 Å². The first-order valence-corrected chi connectivity index (χ1v) is 7.70. The van der Waals surface area contributed by atoms with E-state index >= 15 is 0 Å². The van der Waals surface area contributed by atoms with Crippen LogP contribution >= 0.6 is 23.5 Å². The Kier molecular flexibility index (Phi) is 4.29. The highest BCUT2D eigenvalue weighted by Gasteiger charge is 2.31. The molecular weight excluding hydrogens is 226 g/mol. The van der Waals surface area contributed by atoms with Crippen LogP contribution in [0.2, 0.25) is 0 Å². The predicted molar refractivity (Wildman–Crippen MR) is 69.4 cm³/mol. The van der Waals surface area contributed by atoms with Gasteiger partial charge in [-0.3, -0.25) is 0 Å². The summed E-state index contributed by atoms with van der Waals surface area (Å²) in [5.41, 5.74) is 6.29. The summed E-state index contributed by atoms with van der Waals surface area (Å²) >= 11 is 4.04. The number of nitrogens with two attached hydrogens (primary N) is 1. The quantitative estimate of drug-likeness (QED) is 0.809. The second-order valence-electron chi connectivity index (χ2n) is 4.03. The summed E-state index contributed by atoms with van der Waals surface area (Å²) in [6, 6.07) is 0.0955. The molecule has 2 nitrogen and oxygen atoms in total. The predicted octanol–water partition coefficient (Wildman–Crippen LogP) is 2.25. The molecule has 3 unspecified atom stereocenters. The lowest BCUT2D eigenvalue weighted by Gasteiger charge is -2.34. The van der Waals surface area contributed by atoms with Crippen LogP contribution in [0.3, 0.4) is 0 Å². The Morgan fingerprint density at radius 2 is 2.27 bits per heavy atom. The van der Waals surface area contributed by atoms with Crippen molar-refractivity contribution in [1.29, 1.82) is 0 Å². The van der Waals surface area contributed by atoms with Crippen LogP contribution in [0.15, 0.2) is 11.8 Å². The van der Waals surface area contributed by atoms with E-state index in [1.54, 1.807) is 0 Å². The first kappa shape index (κ1) is 11.7. The van der Waals surface area contributed by atoms with E-state index in [1.165, 1.54) is 11.5 Å². The molecule has 1 saturated heterocycles. The molecule has 0 bridgehead atoms. The summed E-state index contributed by atoms with van der Waals surface area (Å²) in [5.74, 6) is 3.52. The highest BCUT2D eigenvalue weighted by Crippen LogP contribution is 2.34. The second kappa shape index (κ2) is 5.51. The van der Waals surface area contributed by atoms with E-state index in [4.69, 9.17) is 10.5 Å². The topological polar surface area (TPSA) is 35.2 Å². The Morgan fingerprint density at radius 3 is 2.93 bits per heavy atom. The largest absolute Gasteiger partial charge is 0.497 e. The van der Waals surface area contributed by atoms with Gasteiger partial charge in [-0.15, -0.1) is 0 Å². The van der Waals surface area contributed by atoms with Crippen LogP contribution in [0.25, 0.3) is 0 Å². The maximum atomic E-state index is 6.29. The number of hydrogen-bond acceptors (Lipinski definition) is 4. The minimum atomic E-state index is 0.0955. The van der Waals surface area contributed by atoms with Crippen molar-refractivity contribution in [2.24, 2.45) is 5.73 Å². The Morgan fingerprint density at radius 1 is 1.47 bits per heavy atom. The van der Waals surface area contributed by atoms with Crippen LogP contribution < -0.4 is 5.73 Å². The highest BCUT2D eigenvalue weighted by molar-refractivity contribution is 8.07. The van der Waals surface area contributed by atoms with Gasteiger partial charge in [-0.2, -0.15) is 23.5 Å². The lowest BCUT2D eigenvalue weighted by molar-refractivity contribution is 0.174. The standard InChI is InChI=1S/C11H19NOS2/c1-8-11(15-7-6-14-8)10(12)9-4-2-3-5-13-9/h4,8,10-11H,2-3,5-7,12H2,1H3. The number of hydrogen-bond donors (Lipinski definition) is 1. The van der Waals surface area contributed by atoms with Crippen molar-refractivity contribution in [2.75, 3.05) is 18.1 Å². The minimum Gasteiger partial charge on any atom is -0.497 e. The van der Waals surface area contributed by atoms with E-state index in [0.717, 1.165) is 25.2 Å². The van der Waals surface area contributed by atoms with Gasteiger partial charge in [0.15, 0.2) is 0 Å². The number of rotatable bonds is 2. The molecule has 0 spiro atoms. The molecule has 4 heteroatoms. The SMILES string of the molecule is CC1SCCSC1C(N)C1=CCCCO1. The summed E-state index contributed by atoms with van der Waals surface area (Å²) < 4.78 is 5.65. The lowest BCUT2D eigenvalue weighted by atomic mass is 10.1. The van der Waals surface area contributed by atoms with Crippen LogP contribution in [0, 0.1) is 0 Å². The van der Waals surface area contributed by atoms with Gasteiger partial charge in [0.1, 0.15) is 5.76 Å². The van der Waals surface area contributed by atoms with Crippen molar-refractivity contribution in [1.82, 2.24) is 0 Å². The molecule has 0 saturated carbocycles. The van der Waals surface area contributed by atoms with Gasteiger partial charge in [0.25, 0.3) is 0 Å². The fraction of sp³-hybridized carbons (Fsp3) is 0.818. The summed E-state index contributed by atoms with van der Waals surface area (Å²) in [7, 11) is 0. The van der Waals surface area contributed by atoms with Crippen LogP contribution in [-0.2, 0) is 4.74 Å². The zero-order chi connectivity index (χ0) is 10.7. The van der Waals surface area contributed by atoms with E-state index < -0.39 is 0 Å². The normalized spacial score (nSPS) is 34.1. The Hall–Kier alpha value is 0.200. The van der Waals surface area contributed by atoms with Gasteiger partial charge in [0.05, 0.1) is 12.6 Å². The molecule has 2 heterocycles. The number of ether oxygens (including phenoxy) is 1. The van der Waals surface area contributed by atoms with Crippen LogP contribution in [0.1, 0.15) is 19.8 Å². The van der Waals surface area contributed by atoms with Crippen molar-refractivity contribution in [3.05, 3.63) is 11.8 Å². The molecule has 0 amide bonds. The summed E-state index contributed by atoms with van der Waals surface area (Å²) in [6.07, 6.45) is 4.45. The van der Waals surface area contributed by atoms with Gasteiger partial charge < -0.3 is 10.5 Å². The average Bonchev–Trinajstić information content (AvgIpc) is 2.30. The molecule has 0 aromatic rings. The fourth-order valence-corrected chi connectivity index (χ4v) is 4.87. The van der Waals surface area contributed by atoms with Crippen LogP contribution in [0.4, 0.5) is 0 Å². The maximum Gasteiger partial charge on any atom is 0.110 e. The third-order valence-corrected chi connectivity index (χ3v) is 6.10. The van der Waals surface area contributed by atoms with Gasteiger partial charge in [0, 0.05) is 22.0 Å². The van der Waals surface area contributed by atoms with E-state index in [0.29, 0.717) is 10.5 Å². The van der Waals surface area contributed by atoms with E-state index in [2.05, 4.69) is 13.0 Å². The minimum absolute atomic E-state index is 0.0955. The van der Waals surface area contributed by atoms with E-state index in [9.17, 15) is 0 Å². The maximum absolute atomic E-state index is 6.29. The summed E-state index contributed by atoms with van der Waals surface area (Å²) in [6.45, 7) is 3.13. The molecular formula is C11H19NOS2. The van der Waals surface area contributed by atoms with Crippen LogP contribution in [0.5, 0.6) is 0 Å². The monoisotopic (exact) mass is 245 g/mol. The average molecular weight is 245 g/mol. The lowest BCUT2D eigenvalue weighted by Crippen LogP contribution is -2.43. The van der Waals surface area contributed by atoms with Crippen LogP contribution in [-0.4, -0.2) is 34.7 Å². The molecule has 2 N–H and O–H groups in total. The highest BCUT2D eigenvalue weighted by atomic mass is 32.2. The zero-order valence-corrected chi connectivity index (χ0v) is 10.8. The Balaban J connectivity index is 1.98. The van der Waals surface area contributed by atoms with Gasteiger partial charge in [0.2, 0.25) is 0 Å². The van der Waals surface area contributed by atoms with Crippen molar-refractivity contribution in [2.45, 2.75) is 36.3 Å². The first-order chi connectivity index (χ1) is 7.29. The third-order valence-electron chi connectivity index (χ3n) is 2.88. The molecule has 0 aromatic heterocycles. The molecule has 0 radical (unpaired) electrons. The molecule has 0 aromatic carbocycles. The van der Waals surface area contributed by atoms with Crippen molar-refractivity contribution < 1.29 is 4.74 Å². The Labute approximate surface area is 100 Å². The van der Waals surface area contributed by atoms with Gasteiger partial charge in [-0.05, 0) is 18.9 Å². The van der Waals surface area contributed by atoms with E-state index in [-0.39, 0.29) is 6.04 Å². The molecule has 0 aliphatic carbocycles. The molecule has 15 heavy (non-hydrogen) atoms. The molecule has 2 aliphatic heterocycles. The third kappa shape index (κ3) is 2.86. The smallest absolute Gasteiger partial charge is 0.110 e. The van der Waals surface area contributed by atoms with Crippen molar-refractivity contribution in [3.8, 4) is 0 Å². The molecule has 1 fully saturated rings. The second-order valence-corrected chi connectivity index (χ2v) is 6.81. The summed E-state index contributed by atoms with van der Waals surface area (Å²) in [5, 5.41) is 1.17. The molecule has 2 aliphatic rings. The summed E-state index contributed by atoms with van der Waals surface area (Å²) in [4.78, 5) is 0. The van der Waals surface area contributed by atoms with Crippen molar-refractivity contribution >= 4 is 23.5 Å². The Bertz CT molecular complexity index is 245. The molecule has 86 valence electrons. The number of allylic oxidation sites excluding steroid dienone is 1. The molecule has 2 rings (SSSR count). The van der Waals surface area contributed by atoms with Gasteiger partial charge >= 0.3 is 0 Å². The van der Waals surface area contributed by atoms with Crippen molar-refractivity contribution in [3.63, 3.8) is 0 Å². The molecule has 3 atom stereocenters. The van der Waals surface area contributed by atoms with E-state index in [1.807, 2.05) is 23.5 Å².